The summed E-state index contributed by atoms with van der Waals surface area (Å²) in [6.45, 7) is 6.65. The molecule has 0 atom stereocenters. The number of nitrogens with one attached hydrogen (secondary N) is 1. The van der Waals surface area contributed by atoms with Crippen LogP contribution in [0.15, 0.2) is 64.8 Å². The Morgan fingerprint density at radius 2 is 2.03 bits per heavy atom. The number of aryl methyl sites for hydroxylation is 1. The highest BCUT2D eigenvalue weighted by Crippen LogP contribution is 2.30. The van der Waals surface area contributed by atoms with Gasteiger partial charge in [-0.3, -0.25) is 9.78 Å². The summed E-state index contributed by atoms with van der Waals surface area (Å²) in [6, 6.07) is 13.5. The molecule has 3 aromatic rings. The molecule has 2 aromatic heterocycles. The largest absolute Gasteiger partial charge is 0.494 e. The van der Waals surface area contributed by atoms with Gasteiger partial charge >= 0.3 is 0 Å². The van der Waals surface area contributed by atoms with Crippen LogP contribution in [0, 0.1) is 13.8 Å². The molecule has 0 saturated carbocycles. The maximum absolute atomic E-state index is 12.5. The molecule has 1 aliphatic heterocycles. The molecule has 0 unspecified atom stereocenters. The fraction of sp³-hybridized carbons (Fsp3) is 0.174. The minimum Gasteiger partial charge on any atom is -0.494 e. The van der Waals surface area contributed by atoms with Crippen LogP contribution in [0.25, 0.3) is 11.8 Å². The third-order valence-electron chi connectivity index (χ3n) is 4.69. The molecule has 0 bridgehead atoms. The van der Waals surface area contributed by atoms with E-state index in [0.29, 0.717) is 16.7 Å². The highest BCUT2D eigenvalue weighted by molar-refractivity contribution is 8.18. The highest BCUT2D eigenvalue weighted by atomic mass is 32.2. The van der Waals surface area contributed by atoms with E-state index in [-0.39, 0.29) is 5.91 Å². The highest BCUT2D eigenvalue weighted by Gasteiger charge is 2.24. The minimum absolute atomic E-state index is 0.143. The number of aliphatic imine (C=N–C) groups is 1. The van der Waals surface area contributed by atoms with Crippen LogP contribution in [0.5, 0.6) is 5.75 Å². The molecule has 4 rings (SSSR count). The summed E-state index contributed by atoms with van der Waals surface area (Å²) in [6.07, 6.45) is 5.50. The van der Waals surface area contributed by atoms with E-state index in [1.54, 1.807) is 6.20 Å². The van der Waals surface area contributed by atoms with Crippen LogP contribution in [0.2, 0.25) is 0 Å². The Bertz CT molecular complexity index is 1130. The molecule has 0 spiro atoms. The summed E-state index contributed by atoms with van der Waals surface area (Å²) in [7, 11) is 0. The molecule has 152 valence electrons. The number of nitrogens with zero attached hydrogens (tertiary/aromatic N) is 3. The van der Waals surface area contributed by atoms with Crippen LogP contribution in [-0.2, 0) is 4.79 Å². The van der Waals surface area contributed by atoms with Crippen molar-refractivity contribution in [2.24, 2.45) is 4.99 Å². The second kappa shape index (κ2) is 8.59. The number of pyridine rings is 1. The Labute approximate surface area is 179 Å². The van der Waals surface area contributed by atoms with Gasteiger partial charge in [-0.05, 0) is 86.6 Å². The first kappa shape index (κ1) is 20.0. The first-order valence-corrected chi connectivity index (χ1v) is 10.5. The molecule has 1 amide bonds. The quantitative estimate of drug-likeness (QED) is 0.606. The number of ether oxygens (including phenoxy) is 1. The van der Waals surface area contributed by atoms with E-state index in [0.717, 1.165) is 34.1 Å². The number of amidine groups is 1. The number of benzene rings is 1. The summed E-state index contributed by atoms with van der Waals surface area (Å²) in [5.74, 6) is 0.657. The normalized spacial score (nSPS) is 16.3. The van der Waals surface area contributed by atoms with E-state index in [4.69, 9.17) is 4.74 Å². The number of hydrogen-bond acceptors (Lipinski definition) is 5. The zero-order valence-electron chi connectivity index (χ0n) is 17.0. The second-order valence-corrected chi connectivity index (χ2v) is 7.81. The van der Waals surface area contributed by atoms with Crippen molar-refractivity contribution in [3.05, 3.63) is 76.7 Å². The van der Waals surface area contributed by atoms with E-state index in [2.05, 4.69) is 25.9 Å². The molecule has 1 fully saturated rings. The monoisotopic (exact) mass is 418 g/mol. The molecular weight excluding hydrogens is 396 g/mol. The Kier molecular flexibility index (Phi) is 5.72. The molecule has 6 nitrogen and oxygen atoms in total. The fourth-order valence-corrected chi connectivity index (χ4v) is 4.17. The van der Waals surface area contributed by atoms with Crippen molar-refractivity contribution < 1.29 is 9.53 Å². The van der Waals surface area contributed by atoms with Crippen LogP contribution in [0.1, 0.15) is 23.9 Å². The van der Waals surface area contributed by atoms with Crippen molar-refractivity contribution >= 4 is 34.6 Å². The molecule has 30 heavy (non-hydrogen) atoms. The first-order valence-electron chi connectivity index (χ1n) is 9.67. The number of thioether (sulfide) groups is 1. The number of rotatable bonds is 5. The van der Waals surface area contributed by atoms with Gasteiger partial charge in [0.25, 0.3) is 5.91 Å². The Morgan fingerprint density at radius 1 is 1.23 bits per heavy atom. The lowest BCUT2D eigenvalue weighted by molar-refractivity contribution is -0.115. The summed E-state index contributed by atoms with van der Waals surface area (Å²) in [5.41, 5.74) is 4.89. The predicted octanol–water partition coefficient (Wildman–Crippen LogP) is 4.78. The number of hydrogen-bond donors (Lipinski definition) is 1. The van der Waals surface area contributed by atoms with Crippen molar-refractivity contribution in [2.45, 2.75) is 20.8 Å². The van der Waals surface area contributed by atoms with Crippen LogP contribution < -0.4 is 10.1 Å². The van der Waals surface area contributed by atoms with Gasteiger partial charge in [0.2, 0.25) is 0 Å². The van der Waals surface area contributed by atoms with Crippen LogP contribution in [0.3, 0.4) is 0 Å². The smallest absolute Gasteiger partial charge is 0.264 e. The molecule has 1 aliphatic rings. The minimum atomic E-state index is -0.143. The lowest BCUT2D eigenvalue weighted by Gasteiger charge is -2.08. The zero-order chi connectivity index (χ0) is 21.1. The Balaban J connectivity index is 1.57. The number of carbonyl (C=O) groups is 1. The summed E-state index contributed by atoms with van der Waals surface area (Å²) in [5, 5.41) is 3.41. The van der Waals surface area contributed by atoms with E-state index < -0.39 is 0 Å². The summed E-state index contributed by atoms with van der Waals surface area (Å²) >= 11 is 1.34. The van der Waals surface area contributed by atoms with Crippen LogP contribution in [0.4, 0.5) is 5.69 Å². The molecule has 1 saturated heterocycles. The van der Waals surface area contributed by atoms with Gasteiger partial charge in [0.05, 0.1) is 29.1 Å². The molecule has 1 aromatic carbocycles. The summed E-state index contributed by atoms with van der Waals surface area (Å²) in [4.78, 5) is 21.8. The molecule has 0 aliphatic carbocycles. The standard InChI is InChI=1S/C23H22N4O2S/c1-4-29-20-9-7-18(8-10-20)25-23-26-22(28)21(30-23)13-17-12-15(2)27(16(17)3)19-6-5-11-24-14-19/h5-14H,4H2,1-3H3,(H,25,26,28)/b21-13-. The maximum Gasteiger partial charge on any atom is 0.264 e. The fourth-order valence-electron chi connectivity index (χ4n) is 3.34. The van der Waals surface area contributed by atoms with Gasteiger partial charge in [-0.25, -0.2) is 4.99 Å². The van der Waals surface area contributed by atoms with Crippen molar-refractivity contribution in [1.82, 2.24) is 14.9 Å². The predicted molar refractivity (Wildman–Crippen MR) is 121 cm³/mol. The van der Waals surface area contributed by atoms with E-state index >= 15 is 0 Å². The molecule has 1 N–H and O–H groups in total. The Hall–Kier alpha value is -3.32. The third-order valence-corrected chi connectivity index (χ3v) is 5.60. The molecule has 3 heterocycles. The SMILES string of the molecule is CCOc1ccc(N=C2NC(=O)/C(=C/c3cc(C)n(-c4cccnc4)c3C)S2)cc1. The van der Waals surface area contributed by atoms with Gasteiger partial charge in [-0.15, -0.1) is 0 Å². The first-order chi connectivity index (χ1) is 14.5. The average molecular weight is 419 g/mol. The van der Waals surface area contributed by atoms with E-state index in [1.807, 2.05) is 69.4 Å². The van der Waals surface area contributed by atoms with Crippen LogP contribution >= 0.6 is 11.8 Å². The van der Waals surface area contributed by atoms with Gasteiger partial charge in [-0.2, -0.15) is 0 Å². The van der Waals surface area contributed by atoms with E-state index in [9.17, 15) is 4.79 Å². The van der Waals surface area contributed by atoms with Crippen molar-refractivity contribution in [3.8, 4) is 11.4 Å². The number of carbonyl (C=O) groups excluding carboxylic acids is 1. The van der Waals surface area contributed by atoms with Crippen molar-refractivity contribution in [3.63, 3.8) is 0 Å². The number of aromatic nitrogens is 2. The molecule has 7 heteroatoms. The van der Waals surface area contributed by atoms with Gasteiger partial charge in [0.15, 0.2) is 5.17 Å². The van der Waals surface area contributed by atoms with Gasteiger partial charge in [-0.1, -0.05) is 0 Å². The number of amides is 1. The topological polar surface area (TPSA) is 68.5 Å². The molecule has 0 radical (unpaired) electrons. The average Bonchev–Trinajstić information content (AvgIpc) is 3.22. The van der Waals surface area contributed by atoms with Gasteiger partial charge < -0.3 is 14.6 Å². The maximum atomic E-state index is 12.5. The van der Waals surface area contributed by atoms with Gasteiger partial charge in [0.1, 0.15) is 5.75 Å². The van der Waals surface area contributed by atoms with Gasteiger partial charge in [0, 0.05) is 17.6 Å². The third kappa shape index (κ3) is 4.16. The lowest BCUT2D eigenvalue weighted by atomic mass is 10.2. The summed E-state index contributed by atoms with van der Waals surface area (Å²) < 4.78 is 7.58. The Morgan fingerprint density at radius 3 is 2.73 bits per heavy atom. The zero-order valence-corrected chi connectivity index (χ0v) is 17.9. The van der Waals surface area contributed by atoms with Crippen molar-refractivity contribution in [1.29, 1.82) is 0 Å². The lowest BCUT2D eigenvalue weighted by Crippen LogP contribution is -2.19. The van der Waals surface area contributed by atoms with Crippen molar-refractivity contribution in [2.75, 3.05) is 6.61 Å². The van der Waals surface area contributed by atoms with E-state index in [1.165, 1.54) is 11.8 Å². The van der Waals surface area contributed by atoms with Crippen LogP contribution in [-0.4, -0.2) is 27.2 Å². The second-order valence-electron chi connectivity index (χ2n) is 6.78. The molecular formula is C23H22N4O2S.